The number of carbonyl (C=O) groups excluding carboxylic acids is 3. The SMILES string of the molecule is CCC1(C)C(=O)OC(COC(=O)c2ccccc2)C1OC(=O)c1ccccc1. The monoisotopic (exact) mass is 382 g/mol. The van der Waals surface area contributed by atoms with E-state index in [0.717, 1.165) is 0 Å². The minimum atomic E-state index is -1.01. The topological polar surface area (TPSA) is 78.9 Å². The Morgan fingerprint density at radius 2 is 1.50 bits per heavy atom. The predicted molar refractivity (Wildman–Crippen MR) is 101 cm³/mol. The average Bonchev–Trinajstić information content (AvgIpc) is 2.98. The predicted octanol–water partition coefficient (Wildman–Crippen LogP) is 3.41. The highest BCUT2D eigenvalue weighted by molar-refractivity contribution is 5.91. The molecule has 1 aliphatic rings. The van der Waals surface area contributed by atoms with E-state index < -0.39 is 35.5 Å². The minimum absolute atomic E-state index is 0.193. The molecule has 28 heavy (non-hydrogen) atoms. The summed E-state index contributed by atoms with van der Waals surface area (Å²) in [5, 5.41) is 0. The van der Waals surface area contributed by atoms with Crippen molar-refractivity contribution in [2.24, 2.45) is 5.41 Å². The Morgan fingerprint density at radius 3 is 2.04 bits per heavy atom. The van der Waals surface area contributed by atoms with E-state index in [1.165, 1.54) is 0 Å². The van der Waals surface area contributed by atoms with E-state index in [1.807, 2.05) is 6.92 Å². The quantitative estimate of drug-likeness (QED) is 0.563. The summed E-state index contributed by atoms with van der Waals surface area (Å²) in [6.45, 7) is 3.32. The van der Waals surface area contributed by atoms with E-state index in [9.17, 15) is 14.4 Å². The van der Waals surface area contributed by atoms with E-state index in [0.29, 0.717) is 17.5 Å². The molecule has 3 unspecified atom stereocenters. The highest BCUT2D eigenvalue weighted by Crippen LogP contribution is 2.39. The van der Waals surface area contributed by atoms with Gasteiger partial charge in [-0.3, -0.25) is 4.79 Å². The molecule has 0 spiro atoms. The Labute approximate surface area is 163 Å². The van der Waals surface area contributed by atoms with Crippen LogP contribution in [0, 0.1) is 5.41 Å². The fourth-order valence-electron chi connectivity index (χ4n) is 3.11. The third-order valence-electron chi connectivity index (χ3n) is 5.06. The molecular formula is C22H22O6. The Morgan fingerprint density at radius 1 is 0.964 bits per heavy atom. The summed E-state index contributed by atoms with van der Waals surface area (Å²) in [7, 11) is 0. The zero-order valence-corrected chi connectivity index (χ0v) is 15.8. The normalized spacial score (nSPS) is 23.7. The number of hydrogen-bond donors (Lipinski definition) is 0. The fourth-order valence-corrected chi connectivity index (χ4v) is 3.11. The van der Waals surface area contributed by atoms with Crippen LogP contribution in [0.1, 0.15) is 41.0 Å². The van der Waals surface area contributed by atoms with E-state index in [4.69, 9.17) is 14.2 Å². The third kappa shape index (κ3) is 3.91. The highest BCUT2D eigenvalue weighted by atomic mass is 16.6. The van der Waals surface area contributed by atoms with Crippen LogP contribution in [-0.2, 0) is 19.0 Å². The third-order valence-corrected chi connectivity index (χ3v) is 5.06. The van der Waals surface area contributed by atoms with Crippen LogP contribution < -0.4 is 0 Å². The number of ether oxygens (including phenoxy) is 3. The van der Waals surface area contributed by atoms with Crippen molar-refractivity contribution in [3.63, 3.8) is 0 Å². The molecule has 3 rings (SSSR count). The van der Waals surface area contributed by atoms with Crippen LogP contribution in [-0.4, -0.2) is 36.7 Å². The summed E-state index contributed by atoms with van der Waals surface area (Å²) in [5.74, 6) is -1.56. The summed E-state index contributed by atoms with van der Waals surface area (Å²) in [4.78, 5) is 37.1. The van der Waals surface area contributed by atoms with Crippen LogP contribution in [0.3, 0.4) is 0 Å². The van der Waals surface area contributed by atoms with Gasteiger partial charge in [-0.2, -0.15) is 0 Å². The molecule has 0 amide bonds. The fraction of sp³-hybridized carbons (Fsp3) is 0.318. The molecule has 0 bridgehead atoms. The summed E-state index contributed by atoms with van der Waals surface area (Å²) in [5.41, 5.74) is -0.239. The number of carbonyl (C=O) groups is 3. The van der Waals surface area contributed by atoms with Crippen molar-refractivity contribution in [1.82, 2.24) is 0 Å². The summed E-state index contributed by atoms with van der Waals surface area (Å²) >= 11 is 0. The molecule has 1 fully saturated rings. The number of esters is 3. The summed E-state index contributed by atoms with van der Waals surface area (Å²) in [6.07, 6.45) is -1.30. The van der Waals surface area contributed by atoms with Gasteiger partial charge in [0.2, 0.25) is 0 Å². The molecule has 6 nitrogen and oxygen atoms in total. The minimum Gasteiger partial charge on any atom is -0.458 e. The number of hydrogen-bond acceptors (Lipinski definition) is 6. The maximum absolute atomic E-state index is 12.5. The first-order valence-electron chi connectivity index (χ1n) is 9.15. The standard InChI is InChI=1S/C22H22O6/c1-3-22(2)18(28-20(24)16-12-8-5-9-13-16)17(27-21(22)25)14-26-19(23)15-10-6-4-7-11-15/h4-13,17-18H,3,14H2,1-2H3. The molecule has 3 atom stereocenters. The van der Waals surface area contributed by atoms with Gasteiger partial charge in [0.05, 0.1) is 11.1 Å². The molecule has 0 radical (unpaired) electrons. The molecule has 2 aromatic carbocycles. The average molecular weight is 382 g/mol. The van der Waals surface area contributed by atoms with E-state index >= 15 is 0 Å². The molecule has 0 aromatic heterocycles. The molecular weight excluding hydrogens is 360 g/mol. The lowest BCUT2D eigenvalue weighted by atomic mass is 9.81. The summed E-state index contributed by atoms with van der Waals surface area (Å²) < 4.78 is 16.4. The number of benzene rings is 2. The molecule has 2 aromatic rings. The van der Waals surface area contributed by atoms with Gasteiger partial charge < -0.3 is 14.2 Å². The van der Waals surface area contributed by atoms with Crippen molar-refractivity contribution in [2.45, 2.75) is 32.5 Å². The van der Waals surface area contributed by atoms with Gasteiger partial charge in [-0.15, -0.1) is 0 Å². The molecule has 1 aliphatic heterocycles. The second-order valence-electron chi connectivity index (χ2n) is 6.87. The largest absolute Gasteiger partial charge is 0.458 e. The van der Waals surface area contributed by atoms with E-state index in [-0.39, 0.29) is 6.61 Å². The van der Waals surface area contributed by atoms with Crippen molar-refractivity contribution in [3.8, 4) is 0 Å². The maximum Gasteiger partial charge on any atom is 0.338 e. The lowest BCUT2D eigenvalue weighted by Gasteiger charge is -2.27. The van der Waals surface area contributed by atoms with Gasteiger partial charge in [-0.25, -0.2) is 9.59 Å². The zero-order valence-electron chi connectivity index (χ0n) is 15.8. The van der Waals surface area contributed by atoms with Gasteiger partial charge in [-0.05, 0) is 37.6 Å². The Bertz CT molecular complexity index is 848. The van der Waals surface area contributed by atoms with Gasteiger partial charge in [0.15, 0.2) is 12.2 Å². The first-order valence-corrected chi connectivity index (χ1v) is 9.15. The first-order chi connectivity index (χ1) is 13.5. The molecule has 0 aliphatic carbocycles. The number of cyclic esters (lactones) is 1. The molecule has 1 saturated heterocycles. The maximum atomic E-state index is 12.5. The van der Waals surface area contributed by atoms with Crippen molar-refractivity contribution >= 4 is 17.9 Å². The van der Waals surface area contributed by atoms with Gasteiger partial charge in [0, 0.05) is 0 Å². The Balaban J connectivity index is 1.74. The van der Waals surface area contributed by atoms with Crippen LogP contribution in [0.2, 0.25) is 0 Å². The van der Waals surface area contributed by atoms with Gasteiger partial charge in [0.25, 0.3) is 0 Å². The van der Waals surface area contributed by atoms with Crippen LogP contribution in [0.25, 0.3) is 0 Å². The van der Waals surface area contributed by atoms with Crippen LogP contribution in [0.5, 0.6) is 0 Å². The smallest absolute Gasteiger partial charge is 0.338 e. The van der Waals surface area contributed by atoms with Gasteiger partial charge >= 0.3 is 17.9 Å². The molecule has 0 N–H and O–H groups in total. The molecule has 146 valence electrons. The second kappa shape index (κ2) is 8.25. The molecule has 0 saturated carbocycles. The van der Waals surface area contributed by atoms with Crippen molar-refractivity contribution in [1.29, 1.82) is 0 Å². The lowest BCUT2D eigenvalue weighted by molar-refractivity contribution is -0.149. The highest BCUT2D eigenvalue weighted by Gasteiger charge is 2.56. The molecule has 6 heteroatoms. The van der Waals surface area contributed by atoms with Crippen molar-refractivity contribution in [3.05, 3.63) is 71.8 Å². The Hall–Kier alpha value is -3.15. The van der Waals surface area contributed by atoms with E-state index in [2.05, 4.69) is 0 Å². The first kappa shape index (κ1) is 19.6. The zero-order chi connectivity index (χ0) is 20.1. The molecule has 1 heterocycles. The second-order valence-corrected chi connectivity index (χ2v) is 6.87. The number of rotatable bonds is 6. The van der Waals surface area contributed by atoms with Gasteiger partial charge in [-0.1, -0.05) is 43.3 Å². The van der Waals surface area contributed by atoms with Crippen molar-refractivity contribution < 1.29 is 28.6 Å². The van der Waals surface area contributed by atoms with Crippen LogP contribution in [0.4, 0.5) is 0 Å². The van der Waals surface area contributed by atoms with Gasteiger partial charge in [0.1, 0.15) is 12.0 Å². The summed E-state index contributed by atoms with van der Waals surface area (Å²) in [6, 6.07) is 17.0. The van der Waals surface area contributed by atoms with Crippen LogP contribution >= 0.6 is 0 Å². The van der Waals surface area contributed by atoms with Crippen molar-refractivity contribution in [2.75, 3.05) is 6.61 Å². The van der Waals surface area contributed by atoms with Crippen LogP contribution in [0.15, 0.2) is 60.7 Å². The Kier molecular flexibility index (Phi) is 5.78. The van der Waals surface area contributed by atoms with E-state index in [1.54, 1.807) is 67.6 Å². The lowest BCUT2D eigenvalue weighted by Crippen LogP contribution is -2.42.